The molecule has 5 nitrogen and oxygen atoms in total. The zero-order valence-electron chi connectivity index (χ0n) is 20.4. The molecule has 0 saturated heterocycles. The SMILES string of the molecule is CN(C)CCC1CCCc2ccc(NC(=O)Nc3ccc(-c4ccncc4)c4ccccc34)cc21. The van der Waals surface area contributed by atoms with Gasteiger partial charge in [-0.25, -0.2) is 4.79 Å². The Hall–Kier alpha value is -3.70. The fourth-order valence-electron chi connectivity index (χ4n) is 5.16. The van der Waals surface area contributed by atoms with Crippen LogP contribution in [-0.2, 0) is 6.42 Å². The van der Waals surface area contributed by atoms with Gasteiger partial charge in [0.1, 0.15) is 0 Å². The number of anilines is 2. The van der Waals surface area contributed by atoms with Crippen molar-refractivity contribution in [2.45, 2.75) is 31.6 Å². The van der Waals surface area contributed by atoms with E-state index in [0.717, 1.165) is 52.7 Å². The van der Waals surface area contributed by atoms with E-state index >= 15 is 0 Å². The summed E-state index contributed by atoms with van der Waals surface area (Å²) in [4.78, 5) is 19.4. The molecule has 5 heteroatoms. The van der Waals surface area contributed by atoms with Gasteiger partial charge in [0.05, 0.1) is 5.69 Å². The summed E-state index contributed by atoms with van der Waals surface area (Å²) in [5.74, 6) is 0.552. The van der Waals surface area contributed by atoms with Crippen LogP contribution in [0, 0.1) is 0 Å². The molecule has 1 aliphatic rings. The fourth-order valence-corrected chi connectivity index (χ4v) is 5.16. The minimum Gasteiger partial charge on any atom is -0.309 e. The molecule has 0 saturated carbocycles. The first-order chi connectivity index (χ1) is 17.1. The van der Waals surface area contributed by atoms with Crippen molar-refractivity contribution in [3.63, 3.8) is 0 Å². The molecular formula is C30H32N4O. The van der Waals surface area contributed by atoms with E-state index in [1.807, 2.05) is 42.5 Å². The molecule has 5 rings (SSSR count). The van der Waals surface area contributed by atoms with Gasteiger partial charge in [-0.1, -0.05) is 36.4 Å². The van der Waals surface area contributed by atoms with Crippen molar-refractivity contribution in [1.82, 2.24) is 9.88 Å². The summed E-state index contributed by atoms with van der Waals surface area (Å²) in [5.41, 5.74) is 6.66. The number of hydrogen-bond acceptors (Lipinski definition) is 3. The molecule has 4 aromatic rings. The normalized spacial score (nSPS) is 15.1. The Morgan fingerprint density at radius 1 is 0.971 bits per heavy atom. The topological polar surface area (TPSA) is 57.3 Å². The lowest BCUT2D eigenvalue weighted by Crippen LogP contribution is -2.21. The molecule has 3 aromatic carbocycles. The summed E-state index contributed by atoms with van der Waals surface area (Å²) < 4.78 is 0. The molecule has 0 aliphatic heterocycles. The van der Waals surface area contributed by atoms with Gasteiger partial charge in [-0.2, -0.15) is 0 Å². The van der Waals surface area contributed by atoms with Crippen LogP contribution in [0.3, 0.4) is 0 Å². The van der Waals surface area contributed by atoms with Gasteiger partial charge in [0.2, 0.25) is 0 Å². The van der Waals surface area contributed by atoms with E-state index in [1.165, 1.54) is 24.0 Å². The van der Waals surface area contributed by atoms with E-state index in [2.05, 4.69) is 58.9 Å². The summed E-state index contributed by atoms with van der Waals surface area (Å²) in [6.07, 6.45) is 8.31. The summed E-state index contributed by atoms with van der Waals surface area (Å²) in [6.45, 7) is 1.07. The molecule has 0 bridgehead atoms. The molecule has 0 fully saturated rings. The summed E-state index contributed by atoms with van der Waals surface area (Å²) in [5, 5.41) is 8.24. The van der Waals surface area contributed by atoms with Gasteiger partial charge in [0, 0.05) is 23.5 Å². The second-order valence-corrected chi connectivity index (χ2v) is 9.62. The third kappa shape index (κ3) is 5.20. The number of urea groups is 1. The van der Waals surface area contributed by atoms with Gasteiger partial charge in [-0.05, 0) is 110 Å². The summed E-state index contributed by atoms with van der Waals surface area (Å²) in [6, 6.07) is 22.4. The van der Waals surface area contributed by atoms with Crippen molar-refractivity contribution in [2.75, 3.05) is 31.3 Å². The molecule has 35 heavy (non-hydrogen) atoms. The maximum absolute atomic E-state index is 13.0. The number of rotatable bonds is 6. The Labute approximate surface area is 207 Å². The number of nitrogens with zero attached hydrogens (tertiary/aromatic N) is 2. The molecule has 1 unspecified atom stereocenters. The number of nitrogens with one attached hydrogen (secondary N) is 2. The number of benzene rings is 3. The van der Waals surface area contributed by atoms with Crippen molar-refractivity contribution < 1.29 is 4.79 Å². The maximum Gasteiger partial charge on any atom is 0.323 e. The van der Waals surface area contributed by atoms with Gasteiger partial charge in [0.15, 0.2) is 0 Å². The largest absolute Gasteiger partial charge is 0.323 e. The summed E-state index contributed by atoms with van der Waals surface area (Å²) in [7, 11) is 4.25. The average molecular weight is 465 g/mol. The Kier molecular flexibility index (Phi) is 6.77. The number of aryl methyl sites for hydroxylation is 1. The molecular weight excluding hydrogens is 432 g/mol. The first-order valence-corrected chi connectivity index (χ1v) is 12.4. The molecule has 0 radical (unpaired) electrons. The molecule has 1 aromatic heterocycles. The van der Waals surface area contributed by atoms with Crippen LogP contribution in [-0.4, -0.2) is 36.6 Å². The van der Waals surface area contributed by atoms with Gasteiger partial charge in [0.25, 0.3) is 0 Å². The highest BCUT2D eigenvalue weighted by Crippen LogP contribution is 2.36. The first-order valence-electron chi connectivity index (χ1n) is 12.4. The van der Waals surface area contributed by atoms with E-state index in [0.29, 0.717) is 5.92 Å². The molecule has 2 N–H and O–H groups in total. The van der Waals surface area contributed by atoms with Crippen LogP contribution < -0.4 is 10.6 Å². The zero-order valence-corrected chi connectivity index (χ0v) is 20.4. The van der Waals surface area contributed by atoms with Crippen LogP contribution in [0.1, 0.15) is 36.3 Å². The van der Waals surface area contributed by atoms with Gasteiger partial charge < -0.3 is 15.5 Å². The van der Waals surface area contributed by atoms with Crippen LogP contribution >= 0.6 is 0 Å². The van der Waals surface area contributed by atoms with Crippen LogP contribution in [0.5, 0.6) is 0 Å². The van der Waals surface area contributed by atoms with Crippen LogP contribution in [0.25, 0.3) is 21.9 Å². The second kappa shape index (κ2) is 10.3. The van der Waals surface area contributed by atoms with Gasteiger partial charge in [-0.3, -0.25) is 4.98 Å². The lowest BCUT2D eigenvalue weighted by Gasteiger charge is -2.27. The van der Waals surface area contributed by atoms with Gasteiger partial charge >= 0.3 is 6.03 Å². The lowest BCUT2D eigenvalue weighted by molar-refractivity contribution is 0.262. The number of carbonyl (C=O) groups is 1. The Morgan fingerprint density at radius 2 is 1.77 bits per heavy atom. The summed E-state index contributed by atoms with van der Waals surface area (Å²) >= 11 is 0. The predicted molar refractivity (Wildman–Crippen MR) is 145 cm³/mol. The van der Waals surface area contributed by atoms with Crippen LogP contribution in [0.2, 0.25) is 0 Å². The minimum atomic E-state index is -0.229. The Morgan fingerprint density at radius 3 is 2.57 bits per heavy atom. The first kappa shape index (κ1) is 23.1. The quantitative estimate of drug-likeness (QED) is 0.326. The highest BCUT2D eigenvalue weighted by Gasteiger charge is 2.21. The highest BCUT2D eigenvalue weighted by molar-refractivity contribution is 6.09. The van der Waals surface area contributed by atoms with Crippen molar-refractivity contribution >= 4 is 28.2 Å². The maximum atomic E-state index is 13.0. The van der Waals surface area contributed by atoms with Crippen LogP contribution in [0.4, 0.5) is 16.2 Å². The number of pyridine rings is 1. The standard InChI is InChI=1S/C30H32N4O/c1-34(2)19-16-22-7-5-6-21-10-11-24(20-28(21)22)32-30(35)33-29-13-12-25(23-14-17-31-18-15-23)26-8-3-4-9-27(26)29/h3-4,8-15,17-18,20,22H,5-7,16,19H2,1-2H3,(H2,32,33,35). The van der Waals surface area contributed by atoms with Crippen molar-refractivity contribution in [3.8, 4) is 11.1 Å². The monoisotopic (exact) mass is 464 g/mol. The molecule has 178 valence electrons. The Bertz CT molecular complexity index is 1330. The lowest BCUT2D eigenvalue weighted by atomic mass is 9.81. The van der Waals surface area contributed by atoms with E-state index in [1.54, 1.807) is 12.4 Å². The molecule has 2 amide bonds. The molecule has 0 spiro atoms. The van der Waals surface area contributed by atoms with E-state index in [4.69, 9.17) is 0 Å². The number of aromatic nitrogens is 1. The number of hydrogen-bond donors (Lipinski definition) is 2. The second-order valence-electron chi connectivity index (χ2n) is 9.62. The van der Waals surface area contributed by atoms with Crippen molar-refractivity contribution in [2.24, 2.45) is 0 Å². The number of fused-ring (bicyclic) bond motifs is 2. The fraction of sp³-hybridized carbons (Fsp3) is 0.267. The third-order valence-corrected chi connectivity index (χ3v) is 6.93. The molecule has 1 atom stereocenters. The molecule has 1 aliphatic carbocycles. The Balaban J connectivity index is 1.36. The van der Waals surface area contributed by atoms with E-state index < -0.39 is 0 Å². The van der Waals surface area contributed by atoms with Crippen LogP contribution in [0.15, 0.2) is 79.1 Å². The highest BCUT2D eigenvalue weighted by atomic mass is 16.2. The van der Waals surface area contributed by atoms with E-state index in [-0.39, 0.29) is 6.03 Å². The molecule has 1 heterocycles. The predicted octanol–water partition coefficient (Wildman–Crippen LogP) is 6.92. The smallest absolute Gasteiger partial charge is 0.309 e. The number of amides is 2. The zero-order chi connectivity index (χ0) is 24.2. The van der Waals surface area contributed by atoms with E-state index in [9.17, 15) is 4.79 Å². The van der Waals surface area contributed by atoms with Crippen molar-refractivity contribution in [3.05, 3.63) is 90.3 Å². The van der Waals surface area contributed by atoms with Gasteiger partial charge in [-0.15, -0.1) is 0 Å². The third-order valence-electron chi connectivity index (χ3n) is 6.93. The number of carbonyl (C=O) groups excluding carboxylic acids is 1. The minimum absolute atomic E-state index is 0.229. The average Bonchev–Trinajstić information content (AvgIpc) is 2.88. The van der Waals surface area contributed by atoms with Crippen molar-refractivity contribution in [1.29, 1.82) is 0 Å².